The van der Waals surface area contributed by atoms with Gasteiger partial charge in [-0.15, -0.1) is 0 Å². The lowest BCUT2D eigenvalue weighted by Crippen LogP contribution is -2.27. The minimum absolute atomic E-state index is 0.00416. The third-order valence-electron chi connectivity index (χ3n) is 5.69. The Hall–Kier alpha value is -3.77. The van der Waals surface area contributed by atoms with E-state index in [9.17, 15) is 18.0 Å². The second-order valence-corrected chi connectivity index (χ2v) is 9.82. The second-order valence-electron chi connectivity index (χ2n) is 7.88. The maximum absolute atomic E-state index is 12.8. The Bertz CT molecular complexity index is 1500. The Balaban J connectivity index is 1.33. The summed E-state index contributed by atoms with van der Waals surface area (Å²) in [5.74, 6) is -0.508. The molecule has 1 saturated heterocycles. The number of sulfonamides is 1. The van der Waals surface area contributed by atoms with E-state index in [4.69, 9.17) is 4.42 Å². The second kappa shape index (κ2) is 8.88. The van der Waals surface area contributed by atoms with Crippen molar-refractivity contribution in [2.75, 3.05) is 18.4 Å². The summed E-state index contributed by atoms with van der Waals surface area (Å²) in [5, 5.41) is 6.93. The lowest BCUT2D eigenvalue weighted by Gasteiger charge is -2.15. The van der Waals surface area contributed by atoms with Crippen LogP contribution in [0.2, 0.25) is 0 Å². The molecular formula is C22H22N6O5S. The van der Waals surface area contributed by atoms with E-state index in [0.29, 0.717) is 30.1 Å². The lowest BCUT2D eigenvalue weighted by atomic mass is 10.3. The molecule has 3 aromatic heterocycles. The number of benzene rings is 1. The summed E-state index contributed by atoms with van der Waals surface area (Å²) in [6.07, 6.45) is 6.58. The Morgan fingerprint density at radius 3 is 2.71 bits per heavy atom. The van der Waals surface area contributed by atoms with Crippen LogP contribution in [-0.4, -0.2) is 51.1 Å². The van der Waals surface area contributed by atoms with Crippen LogP contribution < -0.4 is 11.1 Å². The van der Waals surface area contributed by atoms with Gasteiger partial charge in [0.2, 0.25) is 15.9 Å². The zero-order valence-electron chi connectivity index (χ0n) is 18.1. The molecule has 4 heterocycles. The van der Waals surface area contributed by atoms with E-state index in [2.05, 4.69) is 15.4 Å². The van der Waals surface area contributed by atoms with Crippen LogP contribution in [0.5, 0.6) is 0 Å². The monoisotopic (exact) mass is 482 g/mol. The van der Waals surface area contributed by atoms with E-state index in [1.807, 2.05) is 0 Å². The van der Waals surface area contributed by atoms with Crippen molar-refractivity contribution in [3.8, 4) is 5.82 Å². The van der Waals surface area contributed by atoms with E-state index in [0.717, 1.165) is 12.8 Å². The van der Waals surface area contributed by atoms with Crippen molar-refractivity contribution in [3.05, 3.63) is 65.5 Å². The fourth-order valence-corrected chi connectivity index (χ4v) is 5.53. The van der Waals surface area contributed by atoms with Crippen molar-refractivity contribution in [2.45, 2.75) is 30.7 Å². The van der Waals surface area contributed by atoms with Crippen LogP contribution in [0.3, 0.4) is 0 Å². The molecule has 34 heavy (non-hydrogen) atoms. The third kappa shape index (κ3) is 4.13. The zero-order valence-corrected chi connectivity index (χ0v) is 18.9. The predicted molar refractivity (Wildman–Crippen MR) is 123 cm³/mol. The molecule has 5 rings (SSSR count). The Labute approximate surface area is 194 Å². The number of rotatable bonds is 7. The first-order chi connectivity index (χ1) is 16.4. The smallest absolute Gasteiger partial charge is 0.408 e. The fourth-order valence-electron chi connectivity index (χ4n) is 3.99. The first-order valence-corrected chi connectivity index (χ1v) is 12.3. The number of oxazole rings is 1. The molecule has 0 bridgehead atoms. The molecule has 0 atom stereocenters. The van der Waals surface area contributed by atoms with E-state index < -0.39 is 15.8 Å². The first kappa shape index (κ1) is 22.0. The summed E-state index contributed by atoms with van der Waals surface area (Å²) >= 11 is 0. The maximum Gasteiger partial charge on any atom is 0.419 e. The van der Waals surface area contributed by atoms with Crippen molar-refractivity contribution in [3.63, 3.8) is 0 Å². The van der Waals surface area contributed by atoms with Crippen molar-refractivity contribution in [1.29, 1.82) is 0 Å². The van der Waals surface area contributed by atoms with Crippen LogP contribution >= 0.6 is 0 Å². The molecule has 12 heteroatoms. The van der Waals surface area contributed by atoms with E-state index >= 15 is 0 Å². The van der Waals surface area contributed by atoms with Gasteiger partial charge in [0.15, 0.2) is 11.4 Å². The van der Waals surface area contributed by atoms with Gasteiger partial charge in [0.05, 0.1) is 16.1 Å². The van der Waals surface area contributed by atoms with Gasteiger partial charge in [0.1, 0.15) is 0 Å². The summed E-state index contributed by atoms with van der Waals surface area (Å²) in [4.78, 5) is 29.4. The molecular weight excluding hydrogens is 460 g/mol. The third-order valence-corrected chi connectivity index (χ3v) is 7.58. The molecule has 0 radical (unpaired) electrons. The molecule has 0 saturated carbocycles. The first-order valence-electron chi connectivity index (χ1n) is 10.8. The summed E-state index contributed by atoms with van der Waals surface area (Å²) in [5.41, 5.74) is 1.08. The van der Waals surface area contributed by atoms with E-state index in [1.165, 1.54) is 31.8 Å². The number of nitrogens with zero attached hydrogens (tertiary/aromatic N) is 5. The Kier molecular flexibility index (Phi) is 5.75. The Morgan fingerprint density at radius 2 is 1.94 bits per heavy atom. The largest absolute Gasteiger partial charge is 0.419 e. The normalized spacial score (nSPS) is 14.6. The number of fused-ring (bicyclic) bond motifs is 1. The molecule has 1 aromatic carbocycles. The minimum atomic E-state index is -3.63. The highest BCUT2D eigenvalue weighted by Crippen LogP contribution is 2.24. The number of carbonyl (C=O) groups is 1. The number of hydrogen-bond donors (Lipinski definition) is 1. The lowest BCUT2D eigenvalue weighted by molar-refractivity contribution is -0.116. The van der Waals surface area contributed by atoms with E-state index in [-0.39, 0.29) is 29.4 Å². The topological polar surface area (TPSA) is 132 Å². The molecule has 0 spiro atoms. The Morgan fingerprint density at radius 1 is 1.12 bits per heavy atom. The van der Waals surface area contributed by atoms with Crippen molar-refractivity contribution in [2.24, 2.45) is 0 Å². The number of carbonyl (C=O) groups excluding carboxylic acids is 1. The summed E-state index contributed by atoms with van der Waals surface area (Å²) < 4.78 is 35.2. The minimum Gasteiger partial charge on any atom is -0.408 e. The number of anilines is 1. The number of aromatic nitrogens is 4. The van der Waals surface area contributed by atoms with Crippen molar-refractivity contribution < 1.29 is 17.6 Å². The molecule has 176 valence electrons. The van der Waals surface area contributed by atoms with Crippen LogP contribution in [0.1, 0.15) is 19.3 Å². The summed E-state index contributed by atoms with van der Waals surface area (Å²) in [6, 6.07) is 9.53. The van der Waals surface area contributed by atoms with Gasteiger partial charge < -0.3 is 9.73 Å². The summed E-state index contributed by atoms with van der Waals surface area (Å²) in [7, 11) is -3.63. The van der Waals surface area contributed by atoms with Gasteiger partial charge in [-0.05, 0) is 43.2 Å². The number of pyridine rings is 1. The highest BCUT2D eigenvalue weighted by Gasteiger charge is 2.28. The van der Waals surface area contributed by atoms with Crippen LogP contribution in [0.15, 0.2) is 69.1 Å². The molecule has 1 aliphatic heterocycles. The molecule has 1 aliphatic rings. The van der Waals surface area contributed by atoms with Crippen LogP contribution in [-0.2, 0) is 21.4 Å². The summed E-state index contributed by atoms with van der Waals surface area (Å²) in [6.45, 7) is 1.03. The molecule has 1 amide bonds. The average Bonchev–Trinajstić information content (AvgIpc) is 3.59. The number of aryl methyl sites for hydroxylation is 1. The van der Waals surface area contributed by atoms with Crippen molar-refractivity contribution in [1.82, 2.24) is 23.6 Å². The van der Waals surface area contributed by atoms with Crippen LogP contribution in [0.25, 0.3) is 16.9 Å². The number of hydrogen-bond acceptors (Lipinski definition) is 7. The predicted octanol–water partition coefficient (Wildman–Crippen LogP) is 1.99. The van der Waals surface area contributed by atoms with Gasteiger partial charge in [0.25, 0.3) is 0 Å². The molecule has 4 aromatic rings. The van der Waals surface area contributed by atoms with Gasteiger partial charge >= 0.3 is 5.76 Å². The molecule has 1 N–H and O–H groups in total. The van der Waals surface area contributed by atoms with Gasteiger partial charge in [0, 0.05) is 50.7 Å². The number of nitrogens with one attached hydrogen (secondary N) is 1. The number of amides is 1. The molecule has 1 fully saturated rings. The highest BCUT2D eigenvalue weighted by molar-refractivity contribution is 7.89. The zero-order chi connectivity index (χ0) is 23.7. The quantitative estimate of drug-likeness (QED) is 0.426. The molecule has 0 aliphatic carbocycles. The van der Waals surface area contributed by atoms with Crippen molar-refractivity contribution >= 4 is 32.7 Å². The molecule has 11 nitrogen and oxygen atoms in total. The van der Waals surface area contributed by atoms with E-state index in [1.54, 1.807) is 36.8 Å². The van der Waals surface area contributed by atoms with Crippen LogP contribution in [0.4, 0.5) is 5.69 Å². The van der Waals surface area contributed by atoms with Crippen LogP contribution in [0, 0.1) is 0 Å². The average molecular weight is 483 g/mol. The SMILES string of the molecule is O=C(CCn1c(=O)oc2cc(S(=O)(=O)N3CCCC3)ccc21)Nc1cccnc1-n1cccn1. The standard InChI is InChI=1S/C22H22N6O5S/c29-20(25-17-5-3-9-23-21(17)28-13-4-10-24-28)8-14-27-18-7-6-16(15-19(18)33-22(27)30)34(31,32)26-11-1-2-12-26/h3-7,9-10,13,15H,1-2,8,11-12,14H2,(H,25,29). The highest BCUT2D eigenvalue weighted by atomic mass is 32.2. The van der Waals surface area contributed by atoms with Gasteiger partial charge in [-0.2, -0.15) is 9.40 Å². The van der Waals surface area contributed by atoms with Gasteiger partial charge in [-0.1, -0.05) is 0 Å². The maximum atomic E-state index is 12.8. The van der Waals surface area contributed by atoms with Gasteiger partial charge in [-0.25, -0.2) is 22.9 Å². The molecule has 0 unspecified atom stereocenters. The fraction of sp³-hybridized carbons (Fsp3) is 0.273. The van der Waals surface area contributed by atoms with Gasteiger partial charge in [-0.3, -0.25) is 9.36 Å².